The van der Waals surface area contributed by atoms with Gasteiger partial charge >= 0.3 is 5.97 Å². The lowest BCUT2D eigenvalue weighted by atomic mass is 9.97. The topological polar surface area (TPSA) is 77.2 Å². The predicted octanol–water partition coefficient (Wildman–Crippen LogP) is 1.25. The number of nitrogens with zero attached hydrogens (tertiary/aromatic N) is 3. The van der Waals surface area contributed by atoms with Crippen LogP contribution in [0.5, 0.6) is 0 Å². The molecule has 1 aliphatic heterocycles. The lowest BCUT2D eigenvalue weighted by molar-refractivity contribution is -0.142. The number of nitriles is 1. The summed E-state index contributed by atoms with van der Waals surface area (Å²) < 4.78 is 0. The van der Waals surface area contributed by atoms with E-state index in [1.54, 1.807) is 12.3 Å². The van der Waals surface area contributed by atoms with E-state index in [2.05, 4.69) is 9.88 Å². The molecule has 5 nitrogen and oxygen atoms in total. The molecule has 1 N–H and O–H groups in total. The summed E-state index contributed by atoms with van der Waals surface area (Å²) >= 11 is 0. The fourth-order valence-corrected chi connectivity index (χ4v) is 2.02. The van der Waals surface area contributed by atoms with E-state index in [0.717, 1.165) is 18.8 Å². The Morgan fingerprint density at radius 3 is 2.65 bits per heavy atom. The number of carboxylic acids is 1. The first-order valence-corrected chi connectivity index (χ1v) is 5.54. The summed E-state index contributed by atoms with van der Waals surface area (Å²) in [5.41, 5.74) is 1.35. The number of piperidine rings is 1. The summed E-state index contributed by atoms with van der Waals surface area (Å²) in [4.78, 5) is 16.9. The van der Waals surface area contributed by atoms with Crippen LogP contribution < -0.4 is 4.90 Å². The third-order valence-electron chi connectivity index (χ3n) is 3.07. The molecule has 0 amide bonds. The van der Waals surface area contributed by atoms with E-state index >= 15 is 0 Å². The molecule has 0 aromatic carbocycles. The fourth-order valence-electron chi connectivity index (χ4n) is 2.02. The SMILES string of the molecule is N#Cc1ccc(N2CCC(C(=O)O)CC2)cn1. The van der Waals surface area contributed by atoms with Gasteiger partial charge in [-0.2, -0.15) is 5.26 Å². The number of aliphatic carboxylic acids is 1. The standard InChI is InChI=1S/C12H13N3O2/c13-7-10-1-2-11(8-14-10)15-5-3-9(4-6-15)12(16)17/h1-2,8-9H,3-6H2,(H,16,17). The molecule has 0 radical (unpaired) electrons. The number of pyridine rings is 1. The van der Waals surface area contributed by atoms with Crippen LogP contribution in [0.2, 0.25) is 0 Å². The number of rotatable bonds is 2. The maximum Gasteiger partial charge on any atom is 0.306 e. The van der Waals surface area contributed by atoms with Gasteiger partial charge in [0.1, 0.15) is 11.8 Å². The molecule has 88 valence electrons. The van der Waals surface area contributed by atoms with Gasteiger partial charge in [-0.05, 0) is 25.0 Å². The highest BCUT2D eigenvalue weighted by Crippen LogP contribution is 2.22. The maximum atomic E-state index is 10.8. The van der Waals surface area contributed by atoms with Crippen molar-refractivity contribution in [2.45, 2.75) is 12.8 Å². The molecule has 17 heavy (non-hydrogen) atoms. The monoisotopic (exact) mass is 231 g/mol. The smallest absolute Gasteiger partial charge is 0.306 e. The minimum atomic E-state index is -0.706. The van der Waals surface area contributed by atoms with E-state index in [1.807, 2.05) is 12.1 Å². The molecular weight excluding hydrogens is 218 g/mol. The van der Waals surface area contributed by atoms with Gasteiger partial charge in [-0.15, -0.1) is 0 Å². The summed E-state index contributed by atoms with van der Waals surface area (Å²) in [5, 5.41) is 17.5. The molecule has 2 heterocycles. The van der Waals surface area contributed by atoms with Crippen LogP contribution in [-0.2, 0) is 4.79 Å². The van der Waals surface area contributed by atoms with E-state index in [9.17, 15) is 4.79 Å². The molecule has 0 unspecified atom stereocenters. The number of hydrogen-bond donors (Lipinski definition) is 1. The van der Waals surface area contributed by atoms with Gasteiger partial charge < -0.3 is 10.0 Å². The van der Waals surface area contributed by atoms with Crippen LogP contribution >= 0.6 is 0 Å². The number of anilines is 1. The van der Waals surface area contributed by atoms with Crippen molar-refractivity contribution in [1.82, 2.24) is 4.98 Å². The van der Waals surface area contributed by atoms with Crippen LogP contribution in [0.25, 0.3) is 0 Å². The molecule has 1 aromatic heterocycles. The van der Waals surface area contributed by atoms with E-state index in [0.29, 0.717) is 18.5 Å². The Bertz CT molecular complexity index is 442. The average molecular weight is 231 g/mol. The molecule has 1 aromatic rings. The normalized spacial score (nSPS) is 16.5. The largest absolute Gasteiger partial charge is 0.481 e. The summed E-state index contributed by atoms with van der Waals surface area (Å²) in [5.74, 6) is -0.930. The summed E-state index contributed by atoms with van der Waals surface area (Å²) in [6.45, 7) is 1.45. The van der Waals surface area contributed by atoms with Gasteiger partial charge in [-0.3, -0.25) is 4.79 Å². The molecule has 2 rings (SSSR count). The maximum absolute atomic E-state index is 10.8. The number of hydrogen-bond acceptors (Lipinski definition) is 4. The van der Waals surface area contributed by atoms with Crippen LogP contribution in [0.4, 0.5) is 5.69 Å². The molecule has 0 atom stereocenters. The minimum Gasteiger partial charge on any atom is -0.481 e. The molecule has 0 aliphatic carbocycles. The fraction of sp³-hybridized carbons (Fsp3) is 0.417. The first kappa shape index (κ1) is 11.4. The lowest BCUT2D eigenvalue weighted by Gasteiger charge is -2.31. The molecule has 1 aliphatic rings. The predicted molar refractivity (Wildman–Crippen MR) is 61.5 cm³/mol. The minimum absolute atomic E-state index is 0.224. The quantitative estimate of drug-likeness (QED) is 0.829. The first-order valence-electron chi connectivity index (χ1n) is 5.54. The Balaban J connectivity index is 2.00. The van der Waals surface area contributed by atoms with Crippen LogP contribution in [0.15, 0.2) is 18.3 Å². The van der Waals surface area contributed by atoms with E-state index in [1.165, 1.54) is 0 Å². The van der Waals surface area contributed by atoms with Crippen molar-refractivity contribution in [3.05, 3.63) is 24.0 Å². The van der Waals surface area contributed by atoms with Gasteiger partial charge in [-0.25, -0.2) is 4.98 Å². The molecule has 0 spiro atoms. The van der Waals surface area contributed by atoms with Gasteiger partial charge in [-0.1, -0.05) is 0 Å². The Kier molecular flexibility index (Phi) is 3.24. The highest BCUT2D eigenvalue weighted by Gasteiger charge is 2.24. The number of aromatic nitrogens is 1. The van der Waals surface area contributed by atoms with Crippen molar-refractivity contribution < 1.29 is 9.90 Å². The van der Waals surface area contributed by atoms with Crippen molar-refractivity contribution in [2.75, 3.05) is 18.0 Å². The second-order valence-electron chi connectivity index (χ2n) is 4.11. The van der Waals surface area contributed by atoms with Crippen molar-refractivity contribution in [1.29, 1.82) is 5.26 Å². The van der Waals surface area contributed by atoms with Crippen molar-refractivity contribution in [2.24, 2.45) is 5.92 Å². The number of carbonyl (C=O) groups is 1. The second-order valence-corrected chi connectivity index (χ2v) is 4.11. The van der Waals surface area contributed by atoms with Gasteiger partial charge in [0.25, 0.3) is 0 Å². The van der Waals surface area contributed by atoms with Crippen molar-refractivity contribution in [3.63, 3.8) is 0 Å². The number of carboxylic acid groups (broad SMARTS) is 1. The van der Waals surface area contributed by atoms with E-state index < -0.39 is 5.97 Å². The summed E-state index contributed by atoms with van der Waals surface area (Å²) in [6.07, 6.45) is 2.99. The summed E-state index contributed by atoms with van der Waals surface area (Å²) in [6, 6.07) is 5.50. The third kappa shape index (κ3) is 2.53. The van der Waals surface area contributed by atoms with Crippen LogP contribution in [0.1, 0.15) is 18.5 Å². The van der Waals surface area contributed by atoms with Crippen molar-refractivity contribution >= 4 is 11.7 Å². The van der Waals surface area contributed by atoms with Gasteiger partial charge in [0.05, 0.1) is 17.8 Å². The molecular formula is C12H13N3O2. The zero-order chi connectivity index (χ0) is 12.3. The zero-order valence-electron chi connectivity index (χ0n) is 9.33. The Hall–Kier alpha value is -2.09. The lowest BCUT2D eigenvalue weighted by Crippen LogP contribution is -2.36. The summed E-state index contributed by atoms with van der Waals surface area (Å²) in [7, 11) is 0. The Morgan fingerprint density at radius 2 is 2.18 bits per heavy atom. The van der Waals surface area contributed by atoms with Crippen molar-refractivity contribution in [3.8, 4) is 6.07 Å². The Morgan fingerprint density at radius 1 is 1.47 bits per heavy atom. The van der Waals surface area contributed by atoms with Gasteiger partial charge in [0, 0.05) is 13.1 Å². The molecule has 1 saturated heterocycles. The molecule has 1 fully saturated rings. The Labute approximate surface area is 99.3 Å². The van der Waals surface area contributed by atoms with Gasteiger partial charge in [0.2, 0.25) is 0 Å². The third-order valence-corrected chi connectivity index (χ3v) is 3.07. The molecule has 5 heteroatoms. The van der Waals surface area contributed by atoms with E-state index in [-0.39, 0.29) is 5.92 Å². The average Bonchev–Trinajstić information content (AvgIpc) is 2.39. The van der Waals surface area contributed by atoms with Crippen LogP contribution in [-0.4, -0.2) is 29.1 Å². The molecule has 0 saturated carbocycles. The zero-order valence-corrected chi connectivity index (χ0v) is 9.33. The van der Waals surface area contributed by atoms with Gasteiger partial charge in [0.15, 0.2) is 0 Å². The highest BCUT2D eigenvalue weighted by atomic mass is 16.4. The van der Waals surface area contributed by atoms with Crippen LogP contribution in [0.3, 0.4) is 0 Å². The van der Waals surface area contributed by atoms with E-state index in [4.69, 9.17) is 10.4 Å². The molecule has 0 bridgehead atoms. The first-order chi connectivity index (χ1) is 8.20. The second kappa shape index (κ2) is 4.83. The van der Waals surface area contributed by atoms with Crippen LogP contribution in [0, 0.1) is 17.2 Å². The highest BCUT2D eigenvalue weighted by molar-refractivity contribution is 5.70.